The Morgan fingerprint density at radius 2 is 2.29 bits per heavy atom. The van der Waals surface area contributed by atoms with Gasteiger partial charge < -0.3 is 15.6 Å². The van der Waals surface area contributed by atoms with Gasteiger partial charge in [-0.15, -0.1) is 0 Å². The number of rotatable bonds is 5. The SMILES string of the molecule is CCC(C)NC(=O)Cn1c(C2CC2)nc2c(N)cccc21. The topological polar surface area (TPSA) is 72.9 Å². The number of nitrogens with zero attached hydrogens (tertiary/aromatic N) is 2. The predicted octanol–water partition coefficient (Wildman–Crippen LogP) is 2.41. The maximum Gasteiger partial charge on any atom is 0.240 e. The summed E-state index contributed by atoms with van der Waals surface area (Å²) in [5, 5.41) is 3.01. The Hall–Kier alpha value is -2.04. The fraction of sp³-hybridized carbons (Fsp3) is 0.500. The summed E-state index contributed by atoms with van der Waals surface area (Å²) >= 11 is 0. The van der Waals surface area contributed by atoms with Crippen molar-refractivity contribution in [2.75, 3.05) is 5.73 Å². The fourth-order valence-electron chi connectivity index (χ4n) is 2.57. The zero-order valence-electron chi connectivity index (χ0n) is 12.6. The molecule has 112 valence electrons. The Morgan fingerprint density at radius 3 is 2.95 bits per heavy atom. The van der Waals surface area contributed by atoms with Crippen LogP contribution < -0.4 is 11.1 Å². The van der Waals surface area contributed by atoms with E-state index in [0.29, 0.717) is 18.2 Å². The molecule has 1 fully saturated rings. The summed E-state index contributed by atoms with van der Waals surface area (Å²) < 4.78 is 2.03. The number of para-hydroxylation sites is 1. The number of benzene rings is 1. The summed E-state index contributed by atoms with van der Waals surface area (Å²) in [5.74, 6) is 1.52. The average Bonchev–Trinajstić information content (AvgIpc) is 3.23. The van der Waals surface area contributed by atoms with Crippen molar-refractivity contribution in [2.45, 2.75) is 51.6 Å². The van der Waals surface area contributed by atoms with Gasteiger partial charge in [-0.1, -0.05) is 13.0 Å². The van der Waals surface area contributed by atoms with E-state index >= 15 is 0 Å². The number of carbonyl (C=O) groups excluding carboxylic acids is 1. The number of amides is 1. The number of nitrogen functional groups attached to an aromatic ring is 1. The summed E-state index contributed by atoms with van der Waals surface area (Å²) in [6.07, 6.45) is 3.23. The molecule has 1 heterocycles. The molecule has 1 aromatic carbocycles. The first-order valence-electron chi connectivity index (χ1n) is 7.64. The van der Waals surface area contributed by atoms with Crippen molar-refractivity contribution in [3.05, 3.63) is 24.0 Å². The van der Waals surface area contributed by atoms with Crippen LogP contribution in [0.15, 0.2) is 18.2 Å². The van der Waals surface area contributed by atoms with Gasteiger partial charge >= 0.3 is 0 Å². The highest BCUT2D eigenvalue weighted by molar-refractivity contribution is 5.89. The highest BCUT2D eigenvalue weighted by atomic mass is 16.2. The number of hydrogen-bond donors (Lipinski definition) is 2. The van der Waals surface area contributed by atoms with Crippen LogP contribution in [0.5, 0.6) is 0 Å². The van der Waals surface area contributed by atoms with Crippen LogP contribution in [0.4, 0.5) is 5.69 Å². The van der Waals surface area contributed by atoms with Gasteiger partial charge in [-0.05, 0) is 38.3 Å². The molecule has 0 saturated heterocycles. The summed E-state index contributed by atoms with van der Waals surface area (Å²) in [4.78, 5) is 16.9. The van der Waals surface area contributed by atoms with Gasteiger partial charge in [-0.3, -0.25) is 4.79 Å². The Kier molecular flexibility index (Phi) is 3.57. The first kappa shape index (κ1) is 13.9. The second kappa shape index (κ2) is 5.39. The van der Waals surface area contributed by atoms with Crippen LogP contribution in [0, 0.1) is 0 Å². The van der Waals surface area contributed by atoms with Crippen LogP contribution in [0.1, 0.15) is 44.9 Å². The quantitative estimate of drug-likeness (QED) is 0.829. The van der Waals surface area contributed by atoms with Crippen LogP contribution in [0.2, 0.25) is 0 Å². The van der Waals surface area contributed by atoms with Gasteiger partial charge in [0, 0.05) is 12.0 Å². The van der Waals surface area contributed by atoms with E-state index in [1.165, 1.54) is 0 Å². The van der Waals surface area contributed by atoms with Gasteiger partial charge in [0.1, 0.15) is 17.9 Å². The minimum absolute atomic E-state index is 0.0352. The lowest BCUT2D eigenvalue weighted by molar-refractivity contribution is -0.122. The number of carbonyl (C=O) groups is 1. The molecule has 5 nitrogen and oxygen atoms in total. The van der Waals surface area contributed by atoms with E-state index in [1.807, 2.05) is 29.7 Å². The van der Waals surface area contributed by atoms with Crippen LogP contribution in [0.25, 0.3) is 11.0 Å². The minimum Gasteiger partial charge on any atom is -0.397 e. The molecule has 21 heavy (non-hydrogen) atoms. The third-order valence-electron chi connectivity index (χ3n) is 4.10. The van der Waals surface area contributed by atoms with Gasteiger partial charge in [-0.2, -0.15) is 0 Å². The van der Waals surface area contributed by atoms with Crippen LogP contribution >= 0.6 is 0 Å². The first-order valence-corrected chi connectivity index (χ1v) is 7.64. The molecule has 3 rings (SSSR count). The van der Waals surface area contributed by atoms with Gasteiger partial charge in [0.05, 0.1) is 11.2 Å². The molecule has 0 aliphatic heterocycles. The third kappa shape index (κ3) is 2.73. The zero-order valence-corrected chi connectivity index (χ0v) is 12.6. The van der Waals surface area contributed by atoms with E-state index in [9.17, 15) is 4.79 Å². The molecule has 2 aromatic rings. The molecule has 0 radical (unpaired) electrons. The predicted molar refractivity (Wildman–Crippen MR) is 84.0 cm³/mol. The summed E-state index contributed by atoms with van der Waals surface area (Å²) in [5.41, 5.74) is 8.46. The molecular formula is C16H22N4O. The zero-order chi connectivity index (χ0) is 15.0. The molecule has 0 spiro atoms. The van der Waals surface area contributed by atoms with Crippen molar-refractivity contribution in [3.63, 3.8) is 0 Å². The summed E-state index contributed by atoms with van der Waals surface area (Å²) in [6, 6.07) is 5.96. The highest BCUT2D eigenvalue weighted by Gasteiger charge is 2.30. The molecule has 1 aliphatic carbocycles. The maximum absolute atomic E-state index is 12.2. The number of anilines is 1. The molecule has 1 aliphatic rings. The van der Waals surface area contributed by atoms with E-state index in [4.69, 9.17) is 5.73 Å². The Labute approximate surface area is 124 Å². The average molecular weight is 286 g/mol. The highest BCUT2D eigenvalue weighted by Crippen LogP contribution is 2.41. The summed E-state index contributed by atoms with van der Waals surface area (Å²) in [6.45, 7) is 4.40. The molecule has 1 unspecified atom stereocenters. The second-order valence-corrected chi connectivity index (χ2v) is 5.92. The van der Waals surface area contributed by atoms with Crippen LogP contribution in [0.3, 0.4) is 0 Å². The number of nitrogens with one attached hydrogen (secondary N) is 1. The standard InChI is InChI=1S/C16H22N4O/c1-3-10(2)18-14(21)9-20-13-6-4-5-12(17)15(13)19-16(20)11-7-8-11/h4-6,10-11H,3,7-9,17H2,1-2H3,(H,18,21). The van der Waals surface area contributed by atoms with Crippen molar-refractivity contribution in [3.8, 4) is 0 Å². The smallest absolute Gasteiger partial charge is 0.240 e. The summed E-state index contributed by atoms with van der Waals surface area (Å²) in [7, 11) is 0. The Bertz CT molecular complexity index is 672. The lowest BCUT2D eigenvalue weighted by Gasteiger charge is -2.13. The van der Waals surface area contributed by atoms with Gasteiger partial charge in [0.25, 0.3) is 0 Å². The van der Waals surface area contributed by atoms with E-state index < -0.39 is 0 Å². The van der Waals surface area contributed by atoms with Crippen molar-refractivity contribution in [1.29, 1.82) is 0 Å². The van der Waals surface area contributed by atoms with Gasteiger partial charge in [0.2, 0.25) is 5.91 Å². The van der Waals surface area contributed by atoms with E-state index in [-0.39, 0.29) is 11.9 Å². The van der Waals surface area contributed by atoms with E-state index in [0.717, 1.165) is 36.1 Å². The normalized spacial score (nSPS) is 16.1. The van der Waals surface area contributed by atoms with Crippen LogP contribution in [-0.2, 0) is 11.3 Å². The second-order valence-electron chi connectivity index (χ2n) is 5.92. The molecule has 5 heteroatoms. The largest absolute Gasteiger partial charge is 0.397 e. The van der Waals surface area contributed by atoms with E-state index in [1.54, 1.807) is 0 Å². The van der Waals surface area contributed by atoms with Gasteiger partial charge in [0.15, 0.2) is 0 Å². The van der Waals surface area contributed by atoms with E-state index in [2.05, 4.69) is 17.2 Å². The fourth-order valence-corrected chi connectivity index (χ4v) is 2.57. The van der Waals surface area contributed by atoms with Crippen molar-refractivity contribution >= 4 is 22.6 Å². The molecule has 1 aromatic heterocycles. The number of fused-ring (bicyclic) bond motifs is 1. The minimum atomic E-state index is 0.0352. The number of nitrogens with two attached hydrogens (primary N) is 1. The molecular weight excluding hydrogens is 264 g/mol. The Balaban J connectivity index is 1.94. The molecule has 0 bridgehead atoms. The first-order chi connectivity index (χ1) is 10.1. The van der Waals surface area contributed by atoms with Crippen molar-refractivity contribution in [1.82, 2.24) is 14.9 Å². The molecule has 3 N–H and O–H groups in total. The van der Waals surface area contributed by atoms with Crippen molar-refractivity contribution < 1.29 is 4.79 Å². The molecule has 1 saturated carbocycles. The number of aromatic nitrogens is 2. The lowest BCUT2D eigenvalue weighted by atomic mass is 10.2. The Morgan fingerprint density at radius 1 is 1.52 bits per heavy atom. The van der Waals surface area contributed by atoms with Gasteiger partial charge in [-0.25, -0.2) is 4.98 Å². The number of imidazole rings is 1. The molecule has 1 amide bonds. The third-order valence-corrected chi connectivity index (χ3v) is 4.10. The van der Waals surface area contributed by atoms with Crippen molar-refractivity contribution in [2.24, 2.45) is 0 Å². The van der Waals surface area contributed by atoms with Crippen LogP contribution in [-0.4, -0.2) is 21.5 Å². The monoisotopic (exact) mass is 286 g/mol. The molecule has 1 atom stereocenters. The maximum atomic E-state index is 12.2. The lowest BCUT2D eigenvalue weighted by Crippen LogP contribution is -2.34. The number of hydrogen-bond acceptors (Lipinski definition) is 3.